The number of nitrogens with one attached hydrogen (secondary N) is 1. The molecule has 0 unspecified atom stereocenters. The van der Waals surface area contributed by atoms with Gasteiger partial charge in [-0.15, -0.1) is 0 Å². The summed E-state index contributed by atoms with van der Waals surface area (Å²) >= 11 is 0. The van der Waals surface area contributed by atoms with Gasteiger partial charge in [0.1, 0.15) is 6.54 Å². The number of quaternary nitrogens is 1. The zero-order valence-electron chi connectivity index (χ0n) is 12.7. The highest BCUT2D eigenvalue weighted by Crippen LogP contribution is 2.26. The fraction of sp³-hybridized carbons (Fsp3) is 0.562. The van der Waals surface area contributed by atoms with Gasteiger partial charge in [0.25, 0.3) is 0 Å². The number of benzene rings is 1. The largest absolute Gasteiger partial charge is 0.504 e. The van der Waals surface area contributed by atoms with Gasteiger partial charge in [0.05, 0.1) is 32.7 Å². The summed E-state index contributed by atoms with van der Waals surface area (Å²) in [5.41, 5.74) is 1.13. The number of hydrogen-bond acceptors (Lipinski definition) is 4. The number of methoxy groups -OCH3 is 1. The van der Waals surface area contributed by atoms with Crippen LogP contribution in [0.2, 0.25) is 0 Å². The zero-order chi connectivity index (χ0) is 15.2. The molecule has 5 heteroatoms. The third kappa shape index (κ3) is 4.11. The maximum Gasteiger partial charge on any atom is 0.309 e. The summed E-state index contributed by atoms with van der Waals surface area (Å²) in [6.07, 6.45) is 1.76. The van der Waals surface area contributed by atoms with E-state index in [1.54, 1.807) is 13.2 Å². The van der Waals surface area contributed by atoms with Crippen molar-refractivity contribution in [2.75, 3.05) is 26.8 Å². The van der Waals surface area contributed by atoms with Gasteiger partial charge in [-0.2, -0.15) is 0 Å². The molecular formula is C16H24NO4+. The predicted octanol–water partition coefficient (Wildman–Crippen LogP) is 0.759. The van der Waals surface area contributed by atoms with Crippen molar-refractivity contribution >= 4 is 5.97 Å². The Balaban J connectivity index is 1.87. The van der Waals surface area contributed by atoms with E-state index in [1.165, 1.54) is 4.90 Å². The van der Waals surface area contributed by atoms with E-state index in [-0.39, 0.29) is 17.6 Å². The molecule has 5 nitrogen and oxygen atoms in total. The number of likely N-dealkylation sites (tertiary alicyclic amines) is 1. The molecule has 21 heavy (non-hydrogen) atoms. The minimum atomic E-state index is -0.0529. The van der Waals surface area contributed by atoms with Crippen molar-refractivity contribution in [2.24, 2.45) is 5.92 Å². The molecule has 1 saturated heterocycles. The predicted molar refractivity (Wildman–Crippen MR) is 78.4 cm³/mol. The van der Waals surface area contributed by atoms with Crippen LogP contribution in [0.25, 0.3) is 0 Å². The normalized spacial score (nSPS) is 21.8. The summed E-state index contributed by atoms with van der Waals surface area (Å²) < 4.78 is 10.2. The Kier molecular flexibility index (Phi) is 5.44. The van der Waals surface area contributed by atoms with E-state index in [0.29, 0.717) is 12.4 Å². The fourth-order valence-corrected chi connectivity index (χ4v) is 2.82. The third-order valence-corrected chi connectivity index (χ3v) is 4.01. The topological polar surface area (TPSA) is 60.2 Å². The maximum atomic E-state index is 11.7. The highest BCUT2D eigenvalue weighted by Gasteiger charge is 2.28. The summed E-state index contributed by atoms with van der Waals surface area (Å²) in [4.78, 5) is 13.2. The number of carbonyl (C=O) groups is 1. The lowest BCUT2D eigenvalue weighted by molar-refractivity contribution is -0.919. The van der Waals surface area contributed by atoms with Crippen molar-refractivity contribution in [3.05, 3.63) is 23.8 Å². The number of esters is 1. The summed E-state index contributed by atoms with van der Waals surface area (Å²) in [5.74, 6) is 0.677. The van der Waals surface area contributed by atoms with Crippen LogP contribution in [0.15, 0.2) is 18.2 Å². The molecule has 1 aliphatic heterocycles. The lowest BCUT2D eigenvalue weighted by atomic mass is 9.96. The quantitative estimate of drug-likeness (QED) is 0.787. The highest BCUT2D eigenvalue weighted by atomic mass is 16.5. The molecule has 1 aromatic carbocycles. The average Bonchev–Trinajstić information content (AvgIpc) is 2.50. The second-order valence-corrected chi connectivity index (χ2v) is 5.46. The molecule has 1 heterocycles. The highest BCUT2D eigenvalue weighted by molar-refractivity contribution is 5.72. The summed E-state index contributed by atoms with van der Waals surface area (Å²) in [5, 5.41) is 9.60. The Bertz CT molecular complexity index is 481. The average molecular weight is 294 g/mol. The Hall–Kier alpha value is -1.75. The number of hydrogen-bond donors (Lipinski definition) is 2. The van der Waals surface area contributed by atoms with Gasteiger partial charge in [0, 0.05) is 18.4 Å². The van der Waals surface area contributed by atoms with Gasteiger partial charge in [-0.1, -0.05) is 0 Å². The second-order valence-electron chi connectivity index (χ2n) is 5.46. The van der Waals surface area contributed by atoms with Gasteiger partial charge in [0.15, 0.2) is 11.5 Å². The van der Waals surface area contributed by atoms with Crippen LogP contribution in [0.5, 0.6) is 11.5 Å². The van der Waals surface area contributed by atoms with Crippen LogP contribution < -0.4 is 9.64 Å². The monoisotopic (exact) mass is 294 g/mol. The zero-order valence-corrected chi connectivity index (χ0v) is 12.7. The first-order chi connectivity index (χ1) is 10.1. The smallest absolute Gasteiger partial charge is 0.309 e. The maximum absolute atomic E-state index is 11.7. The molecule has 2 N–H and O–H groups in total. The SMILES string of the molecule is CCOC(=O)C1CC[NH+](Cc2ccc(O)c(OC)c2)CC1. The Morgan fingerprint density at radius 1 is 1.38 bits per heavy atom. The van der Waals surface area contributed by atoms with Crippen LogP contribution in [0.1, 0.15) is 25.3 Å². The number of phenols is 1. The summed E-state index contributed by atoms with van der Waals surface area (Å²) in [6, 6.07) is 5.46. The van der Waals surface area contributed by atoms with Crippen LogP contribution in [0, 0.1) is 5.92 Å². The minimum absolute atomic E-state index is 0.0529. The Morgan fingerprint density at radius 3 is 2.71 bits per heavy atom. The number of phenolic OH excluding ortho intramolecular Hbond substituents is 1. The van der Waals surface area contributed by atoms with E-state index in [9.17, 15) is 9.90 Å². The third-order valence-electron chi connectivity index (χ3n) is 4.01. The van der Waals surface area contributed by atoms with Crippen LogP contribution in [0.4, 0.5) is 0 Å². The van der Waals surface area contributed by atoms with Gasteiger partial charge in [0.2, 0.25) is 0 Å². The lowest BCUT2D eigenvalue weighted by Gasteiger charge is -2.28. The fourth-order valence-electron chi connectivity index (χ4n) is 2.82. The van der Waals surface area contributed by atoms with E-state index < -0.39 is 0 Å². The van der Waals surface area contributed by atoms with Gasteiger partial charge < -0.3 is 19.5 Å². The van der Waals surface area contributed by atoms with Crippen molar-refractivity contribution in [1.29, 1.82) is 0 Å². The van der Waals surface area contributed by atoms with Crippen LogP contribution in [0.3, 0.4) is 0 Å². The molecule has 1 aliphatic rings. The van der Waals surface area contributed by atoms with Crippen molar-refractivity contribution in [1.82, 2.24) is 0 Å². The molecule has 0 bridgehead atoms. The Morgan fingerprint density at radius 2 is 2.10 bits per heavy atom. The van der Waals surface area contributed by atoms with Crippen LogP contribution in [-0.4, -0.2) is 37.9 Å². The van der Waals surface area contributed by atoms with Crippen molar-refractivity contribution in [2.45, 2.75) is 26.3 Å². The molecule has 1 aromatic rings. The van der Waals surface area contributed by atoms with E-state index in [2.05, 4.69) is 0 Å². The molecule has 2 rings (SSSR count). The van der Waals surface area contributed by atoms with Crippen molar-refractivity contribution in [3.8, 4) is 11.5 Å². The Labute approximate surface area is 125 Å². The standard InChI is InChI=1S/C16H23NO4/c1-3-21-16(19)13-6-8-17(9-7-13)11-12-4-5-14(18)15(10-12)20-2/h4-5,10,13,18H,3,6-9,11H2,1-2H3/p+1. The molecular weight excluding hydrogens is 270 g/mol. The van der Waals surface area contributed by atoms with E-state index in [1.807, 2.05) is 19.1 Å². The minimum Gasteiger partial charge on any atom is -0.504 e. The molecule has 0 radical (unpaired) electrons. The molecule has 0 saturated carbocycles. The number of piperidine rings is 1. The van der Waals surface area contributed by atoms with Gasteiger partial charge >= 0.3 is 5.97 Å². The number of ether oxygens (including phenoxy) is 2. The molecule has 0 atom stereocenters. The first-order valence-electron chi connectivity index (χ1n) is 7.50. The first kappa shape index (κ1) is 15.6. The molecule has 0 spiro atoms. The summed E-state index contributed by atoms with van der Waals surface area (Å²) in [6.45, 7) is 5.11. The van der Waals surface area contributed by atoms with Crippen molar-refractivity contribution in [3.63, 3.8) is 0 Å². The number of carbonyl (C=O) groups excluding carboxylic acids is 1. The van der Waals surface area contributed by atoms with Gasteiger partial charge in [-0.3, -0.25) is 4.79 Å². The van der Waals surface area contributed by atoms with Gasteiger partial charge in [-0.25, -0.2) is 0 Å². The van der Waals surface area contributed by atoms with Gasteiger partial charge in [-0.05, 0) is 25.1 Å². The number of rotatable bonds is 5. The van der Waals surface area contributed by atoms with Crippen molar-refractivity contribution < 1.29 is 24.3 Å². The van der Waals surface area contributed by atoms with Crippen LogP contribution in [-0.2, 0) is 16.1 Å². The molecule has 0 aliphatic carbocycles. The second kappa shape index (κ2) is 7.31. The molecule has 116 valence electrons. The molecule has 0 aromatic heterocycles. The lowest BCUT2D eigenvalue weighted by Crippen LogP contribution is -3.11. The molecule has 0 amide bonds. The number of aromatic hydroxyl groups is 1. The van der Waals surface area contributed by atoms with Crippen LogP contribution >= 0.6 is 0 Å². The van der Waals surface area contributed by atoms with E-state index in [0.717, 1.165) is 38.0 Å². The first-order valence-corrected chi connectivity index (χ1v) is 7.50. The van der Waals surface area contributed by atoms with E-state index in [4.69, 9.17) is 9.47 Å². The molecule has 1 fully saturated rings. The van der Waals surface area contributed by atoms with E-state index >= 15 is 0 Å². The summed E-state index contributed by atoms with van der Waals surface area (Å²) in [7, 11) is 1.55.